The maximum atomic E-state index is 12.0. The Morgan fingerprint density at radius 1 is 1.11 bits per heavy atom. The lowest BCUT2D eigenvalue weighted by molar-refractivity contribution is -0.110. The van der Waals surface area contributed by atoms with E-state index >= 15 is 0 Å². The third-order valence-electron chi connectivity index (χ3n) is 2.95. The molecule has 0 radical (unpaired) electrons. The van der Waals surface area contributed by atoms with Crippen molar-refractivity contribution in [3.8, 4) is 0 Å². The first-order valence-electron chi connectivity index (χ1n) is 5.72. The molecule has 2 aromatic carbocycles. The van der Waals surface area contributed by atoms with Crippen LogP contribution in [0.4, 0.5) is 5.69 Å². The molecule has 1 aliphatic heterocycles. The number of nitrogens with one attached hydrogen (secondary N) is 1. The smallest absolute Gasteiger partial charge is 0.256 e. The molecule has 1 aliphatic rings. The predicted octanol–water partition coefficient (Wildman–Crippen LogP) is 4.55. The monoisotopic (exact) mass is 425 g/mol. The second-order valence-electron chi connectivity index (χ2n) is 4.25. The molecule has 1 heterocycles. The van der Waals surface area contributed by atoms with Gasteiger partial charge >= 0.3 is 0 Å². The summed E-state index contributed by atoms with van der Waals surface area (Å²) in [6, 6.07) is 13.9. The fourth-order valence-corrected chi connectivity index (χ4v) is 2.78. The fraction of sp³-hybridized carbons (Fsp3) is 0. The van der Waals surface area contributed by atoms with Crippen molar-refractivity contribution < 1.29 is 4.79 Å². The van der Waals surface area contributed by atoms with E-state index in [9.17, 15) is 4.79 Å². The zero-order valence-corrected chi connectivity index (χ0v) is 13.5. The molecule has 1 amide bonds. The van der Waals surface area contributed by atoms with Crippen molar-refractivity contribution in [3.05, 3.63) is 61.6 Å². The molecule has 0 saturated carbocycles. The number of carbonyl (C=O) groups excluding carboxylic acids is 1. The van der Waals surface area contributed by atoms with Crippen LogP contribution in [0.25, 0.3) is 11.6 Å². The van der Waals surface area contributed by atoms with E-state index in [0.717, 1.165) is 30.4 Å². The van der Waals surface area contributed by atoms with Gasteiger partial charge in [-0.25, -0.2) is 0 Å². The first-order valence-corrected chi connectivity index (χ1v) is 7.59. The van der Waals surface area contributed by atoms with Crippen LogP contribution in [-0.2, 0) is 4.79 Å². The van der Waals surface area contributed by atoms with Gasteiger partial charge in [0.15, 0.2) is 0 Å². The maximum absolute atomic E-state index is 12.0. The molecule has 19 heavy (non-hydrogen) atoms. The Kier molecular flexibility index (Phi) is 3.45. The number of benzene rings is 2. The van der Waals surface area contributed by atoms with Gasteiger partial charge in [0.05, 0.1) is 0 Å². The van der Waals surface area contributed by atoms with E-state index in [1.807, 2.05) is 48.5 Å². The van der Waals surface area contributed by atoms with Crippen LogP contribution in [0.15, 0.2) is 46.9 Å². The van der Waals surface area contributed by atoms with Crippen molar-refractivity contribution >= 4 is 61.8 Å². The summed E-state index contributed by atoms with van der Waals surface area (Å²) in [5.41, 5.74) is 3.59. The van der Waals surface area contributed by atoms with Gasteiger partial charge in [-0.3, -0.25) is 4.79 Å². The Balaban J connectivity index is 2.08. The van der Waals surface area contributed by atoms with Crippen molar-refractivity contribution in [1.82, 2.24) is 0 Å². The molecule has 2 nitrogen and oxygen atoms in total. The van der Waals surface area contributed by atoms with E-state index in [1.54, 1.807) is 0 Å². The standard InChI is InChI=1S/C15H9BrINO/c16-10-3-1-9(2-4-10)7-13-12-8-11(17)5-6-14(12)18-15(13)19/h1-8H,(H,18,19). The van der Waals surface area contributed by atoms with Crippen LogP contribution in [0.3, 0.4) is 0 Å². The number of halogens is 2. The van der Waals surface area contributed by atoms with Gasteiger partial charge in [0.1, 0.15) is 0 Å². The summed E-state index contributed by atoms with van der Waals surface area (Å²) in [5.74, 6) is -0.0417. The van der Waals surface area contributed by atoms with Crippen LogP contribution in [0.5, 0.6) is 0 Å². The number of carbonyl (C=O) groups is 1. The highest BCUT2D eigenvalue weighted by atomic mass is 127. The zero-order chi connectivity index (χ0) is 13.4. The number of hydrogen-bond acceptors (Lipinski definition) is 1. The van der Waals surface area contributed by atoms with Crippen molar-refractivity contribution in [3.63, 3.8) is 0 Å². The predicted molar refractivity (Wildman–Crippen MR) is 89.8 cm³/mol. The van der Waals surface area contributed by atoms with Crippen LogP contribution >= 0.6 is 38.5 Å². The van der Waals surface area contributed by atoms with Crippen LogP contribution in [0.1, 0.15) is 11.1 Å². The number of hydrogen-bond donors (Lipinski definition) is 1. The highest BCUT2D eigenvalue weighted by Crippen LogP contribution is 2.34. The molecule has 0 spiro atoms. The second-order valence-corrected chi connectivity index (χ2v) is 6.41. The third-order valence-corrected chi connectivity index (χ3v) is 4.15. The van der Waals surface area contributed by atoms with Crippen LogP contribution < -0.4 is 5.32 Å². The molecule has 3 rings (SSSR count). The normalized spacial score (nSPS) is 15.5. The van der Waals surface area contributed by atoms with Crippen molar-refractivity contribution in [2.45, 2.75) is 0 Å². The van der Waals surface area contributed by atoms with Gasteiger partial charge in [0.2, 0.25) is 0 Å². The van der Waals surface area contributed by atoms with Gasteiger partial charge in [-0.15, -0.1) is 0 Å². The highest BCUT2D eigenvalue weighted by Gasteiger charge is 2.23. The summed E-state index contributed by atoms with van der Waals surface area (Å²) in [7, 11) is 0. The van der Waals surface area contributed by atoms with E-state index < -0.39 is 0 Å². The van der Waals surface area contributed by atoms with Crippen LogP contribution in [-0.4, -0.2) is 5.91 Å². The van der Waals surface area contributed by atoms with Gasteiger partial charge in [0, 0.05) is 24.9 Å². The van der Waals surface area contributed by atoms with E-state index in [-0.39, 0.29) is 5.91 Å². The van der Waals surface area contributed by atoms with E-state index in [0.29, 0.717) is 0 Å². The number of rotatable bonds is 1. The molecular formula is C15H9BrINO. The number of anilines is 1. The third kappa shape index (κ3) is 2.60. The largest absolute Gasteiger partial charge is 0.321 e. The van der Waals surface area contributed by atoms with Crippen molar-refractivity contribution in [1.29, 1.82) is 0 Å². The molecule has 0 aliphatic carbocycles. The summed E-state index contributed by atoms with van der Waals surface area (Å²) in [4.78, 5) is 12.0. The topological polar surface area (TPSA) is 29.1 Å². The molecule has 2 aromatic rings. The molecular weight excluding hydrogens is 417 g/mol. The molecule has 0 aromatic heterocycles. The molecule has 0 bridgehead atoms. The summed E-state index contributed by atoms with van der Waals surface area (Å²) in [6.45, 7) is 0. The molecule has 0 saturated heterocycles. The molecule has 0 atom stereocenters. The molecule has 94 valence electrons. The minimum Gasteiger partial charge on any atom is -0.321 e. The number of amides is 1. The van der Waals surface area contributed by atoms with E-state index in [1.165, 1.54) is 0 Å². The van der Waals surface area contributed by atoms with Crippen molar-refractivity contribution in [2.24, 2.45) is 0 Å². The lowest BCUT2D eigenvalue weighted by atomic mass is 10.0. The number of fused-ring (bicyclic) bond motifs is 1. The zero-order valence-electron chi connectivity index (χ0n) is 9.78. The lowest BCUT2D eigenvalue weighted by Crippen LogP contribution is -2.03. The first-order chi connectivity index (χ1) is 9.13. The van der Waals surface area contributed by atoms with Crippen molar-refractivity contribution in [2.75, 3.05) is 5.32 Å². The fourth-order valence-electron chi connectivity index (χ4n) is 2.03. The maximum Gasteiger partial charge on any atom is 0.256 e. The molecule has 4 heteroatoms. The summed E-state index contributed by atoms with van der Waals surface area (Å²) in [6.07, 6.45) is 1.92. The Morgan fingerprint density at radius 2 is 1.84 bits per heavy atom. The van der Waals surface area contributed by atoms with Crippen LogP contribution in [0, 0.1) is 3.57 Å². The lowest BCUT2D eigenvalue weighted by Gasteiger charge is -2.00. The Labute approximate surface area is 133 Å². The van der Waals surface area contributed by atoms with Gasteiger partial charge in [-0.2, -0.15) is 0 Å². The SMILES string of the molecule is O=C1Nc2ccc(I)cc2C1=Cc1ccc(Br)cc1. The highest BCUT2D eigenvalue weighted by molar-refractivity contribution is 14.1. The van der Waals surface area contributed by atoms with Gasteiger partial charge in [-0.05, 0) is 64.6 Å². The molecule has 0 unspecified atom stereocenters. The van der Waals surface area contributed by atoms with Crippen LogP contribution in [0.2, 0.25) is 0 Å². The van der Waals surface area contributed by atoms with Gasteiger partial charge in [0.25, 0.3) is 5.91 Å². The average molecular weight is 426 g/mol. The Morgan fingerprint density at radius 3 is 2.58 bits per heavy atom. The summed E-state index contributed by atoms with van der Waals surface area (Å²) < 4.78 is 2.15. The second kappa shape index (κ2) is 5.09. The minimum absolute atomic E-state index is 0.0417. The van der Waals surface area contributed by atoms with Gasteiger partial charge in [-0.1, -0.05) is 28.1 Å². The summed E-state index contributed by atoms with van der Waals surface area (Å²) in [5, 5.41) is 2.89. The average Bonchev–Trinajstić information content (AvgIpc) is 2.69. The minimum atomic E-state index is -0.0417. The Bertz CT molecular complexity index is 692. The van der Waals surface area contributed by atoms with Gasteiger partial charge < -0.3 is 5.32 Å². The van der Waals surface area contributed by atoms with E-state index in [2.05, 4.69) is 43.8 Å². The van der Waals surface area contributed by atoms with E-state index in [4.69, 9.17) is 0 Å². The first kappa shape index (κ1) is 12.9. The summed E-state index contributed by atoms with van der Waals surface area (Å²) >= 11 is 5.66. The molecule has 0 fully saturated rings. The quantitative estimate of drug-likeness (QED) is 0.527. The Hall–Kier alpha value is -1.14. The molecule has 1 N–H and O–H groups in total.